The first-order chi connectivity index (χ1) is 11.0. The van der Waals surface area contributed by atoms with E-state index in [4.69, 9.17) is 9.84 Å². The van der Waals surface area contributed by atoms with Gasteiger partial charge in [-0.1, -0.05) is 0 Å². The molecular weight excluding hydrogens is 326 g/mol. The van der Waals surface area contributed by atoms with Gasteiger partial charge >= 0.3 is 0 Å². The topological polar surface area (TPSA) is 180 Å². The zero-order chi connectivity index (χ0) is 18.7. The van der Waals surface area contributed by atoms with Gasteiger partial charge in [0.2, 0.25) is 5.91 Å². The minimum atomic E-state index is -2.11. The molecule has 0 aromatic carbocycles. The Morgan fingerprint density at radius 1 is 1.29 bits per heavy atom. The van der Waals surface area contributed by atoms with Crippen molar-refractivity contribution < 1.29 is 45.3 Å². The van der Waals surface area contributed by atoms with Crippen molar-refractivity contribution in [3.8, 4) is 0 Å². The van der Waals surface area contributed by atoms with Crippen LogP contribution in [0.15, 0.2) is 0 Å². The fourth-order valence-electron chi connectivity index (χ4n) is 2.70. The summed E-state index contributed by atoms with van der Waals surface area (Å²) in [6, 6.07) is -1.15. The van der Waals surface area contributed by atoms with Crippen LogP contribution in [-0.4, -0.2) is 96.7 Å². The van der Waals surface area contributed by atoms with Gasteiger partial charge < -0.3 is 45.8 Å². The minimum Gasteiger partial charge on any atom is -0.394 e. The maximum absolute atomic E-state index is 11.3. The fraction of sp³-hybridized carbons (Fsp3) is 0.929. The Balaban J connectivity index is 3.03. The van der Waals surface area contributed by atoms with Crippen molar-refractivity contribution in [1.82, 2.24) is 5.32 Å². The molecule has 1 aliphatic rings. The number of aliphatic hydroxyl groups excluding tert-OH is 6. The summed E-state index contributed by atoms with van der Waals surface area (Å²) >= 11 is 0. The van der Waals surface area contributed by atoms with Crippen molar-refractivity contribution in [2.45, 2.75) is 75.1 Å². The van der Waals surface area contributed by atoms with Crippen molar-refractivity contribution in [1.29, 1.82) is 0 Å². The maximum atomic E-state index is 11.3. The second kappa shape index (κ2) is 8.50. The molecule has 10 nitrogen and oxygen atoms in total. The Hall–Kier alpha value is -0.850. The quantitative estimate of drug-likeness (QED) is 0.227. The van der Waals surface area contributed by atoms with Gasteiger partial charge in [0.25, 0.3) is 0 Å². The summed E-state index contributed by atoms with van der Waals surface area (Å²) in [6.07, 6.45) is -9.58. The molecule has 1 aliphatic heterocycles. The Bertz CT molecular complexity index is 421. The van der Waals surface area contributed by atoms with Crippen LogP contribution in [0.2, 0.25) is 0 Å². The highest BCUT2D eigenvalue weighted by atomic mass is 16.6. The third-order valence-electron chi connectivity index (χ3n) is 4.02. The average Bonchev–Trinajstić information content (AvgIpc) is 2.47. The monoisotopic (exact) mass is 353 g/mol. The summed E-state index contributed by atoms with van der Waals surface area (Å²) in [5.41, 5.74) is 0. The molecule has 1 heterocycles. The number of hydrogen-bond acceptors (Lipinski definition) is 9. The van der Waals surface area contributed by atoms with E-state index in [0.29, 0.717) is 0 Å². The summed E-state index contributed by atoms with van der Waals surface area (Å²) in [5.74, 6) is -2.64. The molecule has 0 radical (unpaired) electrons. The third kappa shape index (κ3) is 5.33. The highest BCUT2D eigenvalue weighted by Crippen LogP contribution is 2.33. The van der Waals surface area contributed by atoms with Crippen LogP contribution in [0, 0.1) is 0 Å². The lowest BCUT2D eigenvalue weighted by molar-refractivity contribution is -0.311. The van der Waals surface area contributed by atoms with E-state index in [2.05, 4.69) is 5.32 Å². The van der Waals surface area contributed by atoms with Crippen LogP contribution in [0.4, 0.5) is 0 Å². The number of carbonyl (C=O) groups is 1. The van der Waals surface area contributed by atoms with Crippen molar-refractivity contribution in [2.75, 3.05) is 6.61 Å². The van der Waals surface area contributed by atoms with E-state index in [1.165, 1.54) is 13.8 Å². The molecular formula is C14H27NO9. The van der Waals surface area contributed by atoms with Gasteiger partial charge in [-0.15, -0.1) is 0 Å². The Morgan fingerprint density at radius 3 is 2.33 bits per heavy atom. The fourth-order valence-corrected chi connectivity index (χ4v) is 2.70. The van der Waals surface area contributed by atoms with E-state index in [1.54, 1.807) is 0 Å². The van der Waals surface area contributed by atoms with E-state index in [1.807, 2.05) is 0 Å². The Morgan fingerprint density at radius 2 is 1.88 bits per heavy atom. The number of ether oxygens (including phenoxy) is 1. The highest BCUT2D eigenvalue weighted by molar-refractivity contribution is 5.73. The van der Waals surface area contributed by atoms with E-state index in [0.717, 1.165) is 0 Å². The normalized spacial score (nSPS) is 35.8. The van der Waals surface area contributed by atoms with E-state index in [9.17, 15) is 35.4 Å². The summed E-state index contributed by atoms with van der Waals surface area (Å²) in [4.78, 5) is 11.3. The standard InChI is InChI=1S/C14H27NO9/c1-6(17)8(19)3-14(23)4-9(20)11(15-7(2)18)13(24-14)12(22)10(21)5-16/h6,8-13,16-17,19-23H,3-5H2,1-2H3,(H,15,18)/t6?,8?,9-,10+,11+,12+,13+,14+/m0/s1. The predicted molar refractivity (Wildman–Crippen MR) is 79.5 cm³/mol. The van der Waals surface area contributed by atoms with Crippen LogP contribution in [0.5, 0.6) is 0 Å². The van der Waals surface area contributed by atoms with E-state index < -0.39 is 73.8 Å². The SMILES string of the molecule is CC(=O)N[C@H]1[C@H]([C@H](O)[C@H](O)CO)O[C@](O)(CC(O)C(C)O)C[C@@H]1O. The number of hydrogen-bond donors (Lipinski definition) is 8. The summed E-state index contributed by atoms with van der Waals surface area (Å²) < 4.78 is 5.35. The molecule has 0 bridgehead atoms. The lowest BCUT2D eigenvalue weighted by Crippen LogP contribution is -2.66. The number of rotatable bonds is 7. The lowest BCUT2D eigenvalue weighted by Gasteiger charge is -2.47. The molecule has 1 amide bonds. The number of nitrogens with one attached hydrogen (secondary N) is 1. The second-order valence-electron chi connectivity index (χ2n) is 6.28. The first kappa shape index (κ1) is 21.2. The summed E-state index contributed by atoms with van der Waals surface area (Å²) in [5, 5.41) is 70.8. The van der Waals surface area contributed by atoms with Gasteiger partial charge in [0, 0.05) is 19.8 Å². The molecule has 2 unspecified atom stereocenters. The number of aliphatic hydroxyl groups is 7. The van der Waals surface area contributed by atoms with Crippen LogP contribution in [0.3, 0.4) is 0 Å². The minimum absolute atomic E-state index is 0.403. The molecule has 1 rings (SSSR count). The Labute approximate surface area is 139 Å². The zero-order valence-electron chi connectivity index (χ0n) is 13.6. The van der Waals surface area contributed by atoms with Gasteiger partial charge in [0.05, 0.1) is 31.0 Å². The molecule has 142 valence electrons. The lowest BCUT2D eigenvalue weighted by atomic mass is 9.86. The van der Waals surface area contributed by atoms with Crippen LogP contribution >= 0.6 is 0 Å². The van der Waals surface area contributed by atoms with Gasteiger partial charge in [-0.3, -0.25) is 4.79 Å². The van der Waals surface area contributed by atoms with Crippen LogP contribution in [0.25, 0.3) is 0 Å². The van der Waals surface area contributed by atoms with Crippen LogP contribution in [0.1, 0.15) is 26.7 Å². The molecule has 10 heteroatoms. The second-order valence-corrected chi connectivity index (χ2v) is 6.28. The zero-order valence-corrected chi connectivity index (χ0v) is 13.6. The third-order valence-corrected chi connectivity index (χ3v) is 4.02. The molecule has 1 saturated heterocycles. The first-order valence-corrected chi connectivity index (χ1v) is 7.69. The van der Waals surface area contributed by atoms with Gasteiger partial charge in [-0.05, 0) is 6.92 Å². The van der Waals surface area contributed by atoms with E-state index >= 15 is 0 Å². The average molecular weight is 353 g/mol. The van der Waals surface area contributed by atoms with Gasteiger partial charge in [0.15, 0.2) is 5.79 Å². The van der Waals surface area contributed by atoms with Crippen LogP contribution < -0.4 is 5.32 Å². The molecule has 0 saturated carbocycles. The maximum Gasteiger partial charge on any atom is 0.217 e. The van der Waals surface area contributed by atoms with Crippen molar-refractivity contribution >= 4 is 5.91 Å². The molecule has 8 atom stereocenters. The smallest absolute Gasteiger partial charge is 0.217 e. The predicted octanol–water partition coefficient (Wildman–Crippen LogP) is -3.82. The molecule has 0 aromatic heterocycles. The van der Waals surface area contributed by atoms with Gasteiger partial charge in [0.1, 0.15) is 18.3 Å². The molecule has 0 spiro atoms. The first-order valence-electron chi connectivity index (χ1n) is 7.69. The summed E-state index contributed by atoms with van der Waals surface area (Å²) in [7, 11) is 0. The summed E-state index contributed by atoms with van der Waals surface area (Å²) in [6.45, 7) is 1.67. The molecule has 8 N–H and O–H groups in total. The highest BCUT2D eigenvalue weighted by Gasteiger charge is 2.50. The number of amides is 1. The van der Waals surface area contributed by atoms with Crippen molar-refractivity contribution in [2.24, 2.45) is 0 Å². The van der Waals surface area contributed by atoms with Gasteiger partial charge in [-0.2, -0.15) is 0 Å². The molecule has 1 fully saturated rings. The van der Waals surface area contributed by atoms with Gasteiger partial charge in [-0.25, -0.2) is 0 Å². The van der Waals surface area contributed by atoms with Crippen molar-refractivity contribution in [3.63, 3.8) is 0 Å². The molecule has 0 aromatic rings. The molecule has 0 aliphatic carbocycles. The van der Waals surface area contributed by atoms with Crippen molar-refractivity contribution in [3.05, 3.63) is 0 Å². The molecule has 24 heavy (non-hydrogen) atoms. The van der Waals surface area contributed by atoms with E-state index in [-0.39, 0.29) is 0 Å². The Kier molecular flexibility index (Phi) is 7.50. The number of carbonyl (C=O) groups excluding carboxylic acids is 1. The van der Waals surface area contributed by atoms with Crippen LogP contribution in [-0.2, 0) is 9.53 Å². The largest absolute Gasteiger partial charge is 0.394 e.